The number of thioether (sulfide) groups is 1. The maximum Gasteiger partial charge on any atom is 0.260 e. The molecule has 2 heterocycles. The fourth-order valence-corrected chi connectivity index (χ4v) is 4.72. The Morgan fingerprint density at radius 1 is 1.14 bits per heavy atom. The molecular formula is C21H20ClN3O2S. The van der Waals surface area contributed by atoms with Gasteiger partial charge in [0, 0.05) is 24.2 Å². The Hall–Kier alpha value is -2.31. The summed E-state index contributed by atoms with van der Waals surface area (Å²) in [6.45, 7) is 0.444. The Balaban J connectivity index is 1.58. The standard InChI is InChI=1S/C21H20ClN3O2S/c1-24-17-7-3-2-6-16(17)23-21(24)28-18-8-4-5-13-25(20(18)27)19(26)14-9-11-15(22)12-10-14/h2-3,6-7,9-12,18H,4-5,8,13H2,1H3/t18-/m0/s1. The number of carbonyl (C=O) groups is 2. The summed E-state index contributed by atoms with van der Waals surface area (Å²) in [6, 6.07) is 14.6. The van der Waals surface area contributed by atoms with Crippen LogP contribution in [0.25, 0.3) is 11.0 Å². The number of aromatic nitrogens is 2. The van der Waals surface area contributed by atoms with E-state index in [1.165, 1.54) is 16.7 Å². The van der Waals surface area contributed by atoms with Gasteiger partial charge >= 0.3 is 0 Å². The van der Waals surface area contributed by atoms with Gasteiger partial charge in [-0.3, -0.25) is 14.5 Å². The van der Waals surface area contributed by atoms with E-state index in [4.69, 9.17) is 11.6 Å². The Kier molecular flexibility index (Phi) is 5.42. The second-order valence-corrected chi connectivity index (χ2v) is 8.45. The van der Waals surface area contributed by atoms with Gasteiger partial charge in [-0.1, -0.05) is 41.9 Å². The number of fused-ring (bicyclic) bond motifs is 1. The number of imidazole rings is 1. The average Bonchev–Trinajstić information content (AvgIpc) is 2.90. The number of benzene rings is 2. The molecule has 1 aromatic heterocycles. The number of hydrogen-bond acceptors (Lipinski definition) is 4. The zero-order chi connectivity index (χ0) is 19.7. The number of imide groups is 1. The largest absolute Gasteiger partial charge is 0.322 e. The molecule has 144 valence electrons. The van der Waals surface area contributed by atoms with Crippen LogP contribution >= 0.6 is 23.4 Å². The van der Waals surface area contributed by atoms with Crippen molar-refractivity contribution in [1.29, 1.82) is 0 Å². The van der Waals surface area contributed by atoms with Crippen LogP contribution in [0.2, 0.25) is 5.02 Å². The summed E-state index contributed by atoms with van der Waals surface area (Å²) < 4.78 is 2.00. The van der Waals surface area contributed by atoms with E-state index in [-0.39, 0.29) is 17.1 Å². The van der Waals surface area contributed by atoms with E-state index in [1.807, 2.05) is 35.9 Å². The molecule has 0 bridgehead atoms. The maximum absolute atomic E-state index is 13.2. The van der Waals surface area contributed by atoms with Gasteiger partial charge in [-0.15, -0.1) is 0 Å². The molecule has 0 aliphatic carbocycles. The highest BCUT2D eigenvalue weighted by atomic mass is 35.5. The van der Waals surface area contributed by atoms with E-state index in [1.54, 1.807) is 24.3 Å². The number of halogens is 1. The van der Waals surface area contributed by atoms with Gasteiger partial charge in [0.15, 0.2) is 5.16 Å². The highest BCUT2D eigenvalue weighted by molar-refractivity contribution is 8.00. The predicted molar refractivity (Wildman–Crippen MR) is 112 cm³/mol. The van der Waals surface area contributed by atoms with Gasteiger partial charge in [0.1, 0.15) is 0 Å². The molecule has 1 saturated heterocycles. The molecule has 1 fully saturated rings. The van der Waals surface area contributed by atoms with Crippen LogP contribution in [0.1, 0.15) is 29.6 Å². The molecular weight excluding hydrogens is 394 g/mol. The minimum atomic E-state index is -0.325. The number of para-hydroxylation sites is 2. The number of rotatable bonds is 3. The molecule has 4 rings (SSSR count). The van der Waals surface area contributed by atoms with Crippen LogP contribution in [-0.4, -0.2) is 38.1 Å². The summed E-state index contributed by atoms with van der Waals surface area (Å²) in [5.41, 5.74) is 2.41. The van der Waals surface area contributed by atoms with E-state index in [0.29, 0.717) is 17.1 Å². The number of hydrogen-bond donors (Lipinski definition) is 0. The maximum atomic E-state index is 13.2. The highest BCUT2D eigenvalue weighted by Gasteiger charge is 2.33. The molecule has 1 aliphatic rings. The molecule has 2 aromatic carbocycles. The number of nitrogens with zero attached hydrogens (tertiary/aromatic N) is 3. The zero-order valence-corrected chi connectivity index (χ0v) is 17.0. The molecule has 3 aromatic rings. The molecule has 1 aliphatic heterocycles. The van der Waals surface area contributed by atoms with Gasteiger partial charge in [-0.05, 0) is 49.2 Å². The third-order valence-electron chi connectivity index (χ3n) is 4.97. The van der Waals surface area contributed by atoms with Gasteiger partial charge in [0.25, 0.3) is 5.91 Å². The highest BCUT2D eigenvalue weighted by Crippen LogP contribution is 2.32. The normalized spacial score (nSPS) is 17.7. The quantitative estimate of drug-likeness (QED) is 0.591. The number of likely N-dealkylation sites (tertiary alicyclic amines) is 1. The first-order valence-electron chi connectivity index (χ1n) is 9.24. The fraction of sp³-hybridized carbons (Fsp3) is 0.286. The van der Waals surface area contributed by atoms with E-state index in [2.05, 4.69) is 4.98 Å². The second kappa shape index (κ2) is 7.97. The smallest absolute Gasteiger partial charge is 0.260 e. The molecule has 28 heavy (non-hydrogen) atoms. The van der Waals surface area contributed by atoms with Crippen molar-refractivity contribution in [2.24, 2.45) is 7.05 Å². The molecule has 0 N–H and O–H groups in total. The molecule has 5 nitrogen and oxygen atoms in total. The van der Waals surface area contributed by atoms with Gasteiger partial charge in [-0.25, -0.2) is 4.98 Å². The van der Waals surface area contributed by atoms with Gasteiger partial charge in [0.2, 0.25) is 5.91 Å². The molecule has 0 spiro atoms. The lowest BCUT2D eigenvalue weighted by atomic mass is 10.2. The van der Waals surface area contributed by atoms with Crippen molar-refractivity contribution < 1.29 is 9.59 Å². The first-order chi connectivity index (χ1) is 13.5. The first-order valence-corrected chi connectivity index (χ1v) is 10.5. The minimum absolute atomic E-state index is 0.144. The molecule has 1 atom stereocenters. The van der Waals surface area contributed by atoms with E-state index in [9.17, 15) is 9.59 Å². The van der Waals surface area contributed by atoms with Crippen LogP contribution in [0.15, 0.2) is 53.7 Å². The van der Waals surface area contributed by atoms with Crippen LogP contribution in [0.4, 0.5) is 0 Å². The second-order valence-electron chi connectivity index (χ2n) is 6.85. The van der Waals surface area contributed by atoms with E-state index < -0.39 is 0 Å². The van der Waals surface area contributed by atoms with Crippen molar-refractivity contribution in [2.75, 3.05) is 6.54 Å². The average molecular weight is 414 g/mol. The van der Waals surface area contributed by atoms with Crippen LogP contribution in [-0.2, 0) is 11.8 Å². The molecule has 0 unspecified atom stereocenters. The lowest BCUT2D eigenvalue weighted by Crippen LogP contribution is -2.41. The monoisotopic (exact) mass is 413 g/mol. The summed E-state index contributed by atoms with van der Waals surface area (Å²) in [5.74, 6) is -0.409. The topological polar surface area (TPSA) is 55.2 Å². The number of amides is 2. The van der Waals surface area contributed by atoms with E-state index >= 15 is 0 Å². The summed E-state index contributed by atoms with van der Waals surface area (Å²) >= 11 is 7.36. The van der Waals surface area contributed by atoms with Gasteiger partial charge < -0.3 is 4.57 Å². The van der Waals surface area contributed by atoms with Crippen LogP contribution in [0.5, 0.6) is 0 Å². The van der Waals surface area contributed by atoms with Crippen molar-refractivity contribution in [2.45, 2.75) is 29.7 Å². The fourth-order valence-electron chi connectivity index (χ4n) is 3.42. The summed E-state index contributed by atoms with van der Waals surface area (Å²) in [7, 11) is 1.95. The zero-order valence-electron chi connectivity index (χ0n) is 15.5. The third kappa shape index (κ3) is 3.66. The van der Waals surface area contributed by atoms with Crippen LogP contribution in [0.3, 0.4) is 0 Å². The van der Waals surface area contributed by atoms with Crippen molar-refractivity contribution in [3.8, 4) is 0 Å². The SMILES string of the molecule is Cn1c(S[C@H]2CCCCN(C(=O)c3ccc(Cl)cc3)C2=O)nc2ccccc21. The van der Waals surface area contributed by atoms with Gasteiger partial charge in [0.05, 0.1) is 16.3 Å². The van der Waals surface area contributed by atoms with Crippen LogP contribution < -0.4 is 0 Å². The van der Waals surface area contributed by atoms with Gasteiger partial charge in [-0.2, -0.15) is 0 Å². The number of carbonyl (C=O) groups excluding carboxylic acids is 2. The predicted octanol–water partition coefficient (Wildman–Crippen LogP) is 4.54. The van der Waals surface area contributed by atoms with E-state index in [0.717, 1.165) is 35.5 Å². The molecule has 0 radical (unpaired) electrons. The Labute approximate surface area is 172 Å². The first kappa shape index (κ1) is 19.0. The summed E-state index contributed by atoms with van der Waals surface area (Å²) in [6.07, 6.45) is 2.44. The third-order valence-corrected chi connectivity index (χ3v) is 6.52. The van der Waals surface area contributed by atoms with Crippen LogP contribution in [0, 0.1) is 0 Å². The Bertz CT molecular complexity index is 1030. The summed E-state index contributed by atoms with van der Waals surface area (Å²) in [4.78, 5) is 32.1. The van der Waals surface area contributed by atoms with Crippen molar-refractivity contribution in [1.82, 2.24) is 14.5 Å². The van der Waals surface area contributed by atoms with Crippen molar-refractivity contribution in [3.63, 3.8) is 0 Å². The van der Waals surface area contributed by atoms with Crippen molar-refractivity contribution >= 4 is 46.2 Å². The lowest BCUT2D eigenvalue weighted by molar-refractivity contribution is -0.127. The molecule has 7 heteroatoms. The van der Waals surface area contributed by atoms with Crippen molar-refractivity contribution in [3.05, 3.63) is 59.1 Å². The lowest BCUT2D eigenvalue weighted by Gasteiger charge is -2.22. The Morgan fingerprint density at radius 2 is 1.89 bits per heavy atom. The molecule has 0 saturated carbocycles. The summed E-state index contributed by atoms with van der Waals surface area (Å²) in [5, 5.41) is 1.03. The minimum Gasteiger partial charge on any atom is -0.322 e. The Morgan fingerprint density at radius 3 is 2.64 bits per heavy atom. The number of aryl methyl sites for hydroxylation is 1. The molecule has 2 amide bonds.